The molecule has 2 fully saturated rings. The molecular formula is C14H28N2O. The van der Waals surface area contributed by atoms with Gasteiger partial charge in [0.15, 0.2) is 0 Å². The van der Waals surface area contributed by atoms with Gasteiger partial charge in [-0.1, -0.05) is 13.8 Å². The van der Waals surface area contributed by atoms with Crippen LogP contribution < -0.4 is 5.32 Å². The third kappa shape index (κ3) is 3.94. The third-order valence-electron chi connectivity index (χ3n) is 4.33. The topological polar surface area (TPSA) is 24.5 Å². The van der Waals surface area contributed by atoms with Crippen LogP contribution in [0.5, 0.6) is 0 Å². The highest BCUT2D eigenvalue weighted by atomic mass is 16.5. The lowest BCUT2D eigenvalue weighted by atomic mass is 10.0. The van der Waals surface area contributed by atoms with Gasteiger partial charge in [0.1, 0.15) is 0 Å². The van der Waals surface area contributed by atoms with Crippen LogP contribution in [0, 0.1) is 5.92 Å². The average Bonchev–Trinajstić information content (AvgIpc) is 3.19. The summed E-state index contributed by atoms with van der Waals surface area (Å²) in [6.45, 7) is 11.3. The Morgan fingerprint density at radius 1 is 1.35 bits per heavy atom. The molecule has 1 saturated carbocycles. The minimum Gasteiger partial charge on any atom is -0.376 e. The van der Waals surface area contributed by atoms with Crippen LogP contribution in [0.4, 0.5) is 0 Å². The number of morpholine rings is 1. The number of rotatable bonds is 6. The van der Waals surface area contributed by atoms with Crippen LogP contribution in [0.3, 0.4) is 0 Å². The summed E-state index contributed by atoms with van der Waals surface area (Å²) in [5.74, 6) is 0.728. The third-order valence-corrected chi connectivity index (χ3v) is 4.33. The molecule has 3 atom stereocenters. The Balaban J connectivity index is 1.74. The fraction of sp³-hybridized carbons (Fsp3) is 1.00. The lowest BCUT2D eigenvalue weighted by Crippen LogP contribution is -2.50. The van der Waals surface area contributed by atoms with Gasteiger partial charge >= 0.3 is 0 Å². The summed E-state index contributed by atoms with van der Waals surface area (Å²) in [5, 5.41) is 3.64. The molecule has 0 spiro atoms. The van der Waals surface area contributed by atoms with Crippen molar-refractivity contribution < 1.29 is 4.74 Å². The summed E-state index contributed by atoms with van der Waals surface area (Å²) >= 11 is 0. The van der Waals surface area contributed by atoms with Crippen molar-refractivity contribution in [3.63, 3.8) is 0 Å². The Hall–Kier alpha value is -0.120. The van der Waals surface area contributed by atoms with E-state index in [1.807, 2.05) is 0 Å². The summed E-state index contributed by atoms with van der Waals surface area (Å²) in [5.41, 5.74) is 0. The smallest absolute Gasteiger partial charge is 0.0700 e. The first-order valence-electron chi connectivity index (χ1n) is 7.29. The van der Waals surface area contributed by atoms with E-state index in [1.165, 1.54) is 19.4 Å². The molecule has 3 heteroatoms. The number of hydrogen-bond donors (Lipinski definition) is 1. The SMILES string of the molecule is CCC1CN(C(C)C(C)CNC2CC2)CCO1. The zero-order valence-electron chi connectivity index (χ0n) is 11.6. The van der Waals surface area contributed by atoms with Crippen LogP contribution in [0.1, 0.15) is 40.0 Å². The minimum absolute atomic E-state index is 0.454. The Labute approximate surface area is 106 Å². The molecule has 17 heavy (non-hydrogen) atoms. The van der Waals surface area contributed by atoms with Gasteiger partial charge in [0, 0.05) is 25.2 Å². The minimum atomic E-state index is 0.454. The maximum atomic E-state index is 5.74. The normalized spacial score (nSPS) is 30.2. The van der Waals surface area contributed by atoms with E-state index in [1.54, 1.807) is 0 Å². The molecule has 0 radical (unpaired) electrons. The molecule has 1 aliphatic heterocycles. The fourth-order valence-electron chi connectivity index (χ4n) is 2.53. The van der Waals surface area contributed by atoms with Gasteiger partial charge in [-0.3, -0.25) is 4.90 Å². The lowest BCUT2D eigenvalue weighted by Gasteiger charge is -2.39. The van der Waals surface area contributed by atoms with Crippen LogP contribution in [-0.2, 0) is 4.74 Å². The largest absolute Gasteiger partial charge is 0.376 e. The molecule has 3 unspecified atom stereocenters. The van der Waals surface area contributed by atoms with Crippen molar-refractivity contribution in [2.75, 3.05) is 26.2 Å². The van der Waals surface area contributed by atoms with Gasteiger partial charge in [-0.2, -0.15) is 0 Å². The van der Waals surface area contributed by atoms with Crippen molar-refractivity contribution in [3.8, 4) is 0 Å². The number of nitrogens with zero attached hydrogens (tertiary/aromatic N) is 1. The summed E-state index contributed by atoms with van der Waals surface area (Å²) in [4.78, 5) is 2.61. The van der Waals surface area contributed by atoms with E-state index in [2.05, 4.69) is 31.0 Å². The predicted molar refractivity (Wildman–Crippen MR) is 71.3 cm³/mol. The molecule has 0 aromatic carbocycles. The number of nitrogens with one attached hydrogen (secondary N) is 1. The fourth-order valence-corrected chi connectivity index (χ4v) is 2.53. The summed E-state index contributed by atoms with van der Waals surface area (Å²) in [6.07, 6.45) is 4.36. The number of hydrogen-bond acceptors (Lipinski definition) is 3. The summed E-state index contributed by atoms with van der Waals surface area (Å²) < 4.78 is 5.74. The van der Waals surface area contributed by atoms with Crippen molar-refractivity contribution in [2.24, 2.45) is 5.92 Å². The van der Waals surface area contributed by atoms with Crippen LogP contribution in [0.25, 0.3) is 0 Å². The molecule has 1 aliphatic carbocycles. The molecule has 0 amide bonds. The van der Waals surface area contributed by atoms with Gasteiger partial charge in [-0.15, -0.1) is 0 Å². The zero-order chi connectivity index (χ0) is 12.3. The van der Waals surface area contributed by atoms with E-state index in [4.69, 9.17) is 4.74 Å². The van der Waals surface area contributed by atoms with E-state index in [0.717, 1.165) is 38.1 Å². The molecule has 1 heterocycles. The lowest BCUT2D eigenvalue weighted by molar-refractivity contribution is -0.0488. The molecule has 1 N–H and O–H groups in total. The Bertz CT molecular complexity index is 230. The van der Waals surface area contributed by atoms with Gasteiger partial charge < -0.3 is 10.1 Å². The second-order valence-corrected chi connectivity index (χ2v) is 5.80. The second kappa shape index (κ2) is 6.17. The summed E-state index contributed by atoms with van der Waals surface area (Å²) in [7, 11) is 0. The van der Waals surface area contributed by atoms with Crippen LogP contribution >= 0.6 is 0 Å². The first-order chi connectivity index (χ1) is 8.20. The van der Waals surface area contributed by atoms with Gasteiger partial charge in [0.05, 0.1) is 12.7 Å². The monoisotopic (exact) mass is 240 g/mol. The molecule has 3 nitrogen and oxygen atoms in total. The van der Waals surface area contributed by atoms with Gasteiger partial charge in [-0.05, 0) is 38.6 Å². The first-order valence-corrected chi connectivity index (χ1v) is 7.29. The van der Waals surface area contributed by atoms with E-state index in [9.17, 15) is 0 Å². The quantitative estimate of drug-likeness (QED) is 0.767. The van der Waals surface area contributed by atoms with Crippen molar-refractivity contribution >= 4 is 0 Å². The van der Waals surface area contributed by atoms with E-state index >= 15 is 0 Å². The summed E-state index contributed by atoms with van der Waals surface area (Å²) in [6, 6.07) is 1.50. The molecule has 2 rings (SSSR count). The maximum absolute atomic E-state index is 5.74. The average molecular weight is 240 g/mol. The Kier molecular flexibility index (Phi) is 4.83. The molecule has 2 aliphatic rings. The van der Waals surface area contributed by atoms with Gasteiger partial charge in [0.25, 0.3) is 0 Å². The van der Waals surface area contributed by atoms with Crippen molar-refractivity contribution in [1.82, 2.24) is 10.2 Å². The highest BCUT2D eigenvalue weighted by Crippen LogP contribution is 2.20. The second-order valence-electron chi connectivity index (χ2n) is 5.80. The molecule has 0 aromatic heterocycles. The van der Waals surface area contributed by atoms with Crippen LogP contribution in [0.2, 0.25) is 0 Å². The van der Waals surface area contributed by atoms with Gasteiger partial charge in [-0.25, -0.2) is 0 Å². The van der Waals surface area contributed by atoms with Crippen molar-refractivity contribution in [1.29, 1.82) is 0 Å². The Morgan fingerprint density at radius 2 is 2.12 bits per heavy atom. The van der Waals surface area contributed by atoms with Crippen LogP contribution in [-0.4, -0.2) is 49.3 Å². The van der Waals surface area contributed by atoms with Gasteiger partial charge in [0.2, 0.25) is 0 Å². The first kappa shape index (κ1) is 13.3. The van der Waals surface area contributed by atoms with E-state index in [-0.39, 0.29) is 0 Å². The molecule has 0 bridgehead atoms. The van der Waals surface area contributed by atoms with E-state index < -0.39 is 0 Å². The van der Waals surface area contributed by atoms with Crippen molar-refractivity contribution in [3.05, 3.63) is 0 Å². The highest BCUT2D eigenvalue weighted by molar-refractivity contribution is 4.84. The zero-order valence-corrected chi connectivity index (χ0v) is 11.6. The van der Waals surface area contributed by atoms with Crippen LogP contribution in [0.15, 0.2) is 0 Å². The predicted octanol–water partition coefficient (Wildman–Crippen LogP) is 1.87. The maximum Gasteiger partial charge on any atom is 0.0700 e. The molecule has 0 aromatic rings. The standard InChI is InChI=1S/C14H28N2O/c1-4-14-10-16(7-8-17-14)12(3)11(2)9-15-13-5-6-13/h11-15H,4-10H2,1-3H3. The van der Waals surface area contributed by atoms with Crippen molar-refractivity contribution in [2.45, 2.75) is 58.2 Å². The molecular weight excluding hydrogens is 212 g/mol. The van der Waals surface area contributed by atoms with E-state index in [0.29, 0.717) is 12.1 Å². The molecule has 100 valence electrons. The molecule has 1 saturated heterocycles. The number of ether oxygens (including phenoxy) is 1. The Morgan fingerprint density at radius 3 is 2.76 bits per heavy atom. The highest BCUT2D eigenvalue weighted by Gasteiger charge is 2.27.